The zero-order valence-electron chi connectivity index (χ0n) is 20.7. The number of cyclic esters (lactones) is 1. The van der Waals surface area contributed by atoms with Crippen molar-refractivity contribution in [3.8, 4) is 0 Å². The molecule has 8 heteroatoms. The van der Waals surface area contributed by atoms with Gasteiger partial charge < -0.3 is 10.5 Å². The van der Waals surface area contributed by atoms with Gasteiger partial charge in [0.15, 0.2) is 16.2 Å². The molecule has 3 aromatic rings. The van der Waals surface area contributed by atoms with Crippen molar-refractivity contribution in [2.45, 2.75) is 75.0 Å². The summed E-state index contributed by atoms with van der Waals surface area (Å²) in [5.41, 5.74) is 7.43. The van der Waals surface area contributed by atoms with Gasteiger partial charge in [-0.1, -0.05) is 58.1 Å². The lowest BCUT2D eigenvalue weighted by molar-refractivity contribution is -0.176. The molecule has 0 spiro atoms. The van der Waals surface area contributed by atoms with E-state index in [1.807, 2.05) is 32.0 Å². The zero-order chi connectivity index (χ0) is 25.5. The van der Waals surface area contributed by atoms with E-state index in [4.69, 9.17) is 10.5 Å². The maximum atomic E-state index is 13.6. The molecule has 0 bridgehead atoms. The van der Waals surface area contributed by atoms with Gasteiger partial charge in [-0.3, -0.25) is 9.59 Å². The number of ketones is 1. The van der Waals surface area contributed by atoms with Gasteiger partial charge in [0.1, 0.15) is 11.4 Å². The number of nitrogens with two attached hydrogens (primary N) is 1. The van der Waals surface area contributed by atoms with Crippen LogP contribution in [0.4, 0.5) is 9.52 Å². The van der Waals surface area contributed by atoms with Gasteiger partial charge in [0.2, 0.25) is 0 Å². The predicted molar refractivity (Wildman–Crippen MR) is 140 cm³/mol. The third-order valence-corrected chi connectivity index (χ3v) is 8.75. The van der Waals surface area contributed by atoms with Crippen LogP contribution >= 0.6 is 23.1 Å². The Morgan fingerprint density at radius 3 is 2.63 bits per heavy atom. The summed E-state index contributed by atoms with van der Waals surface area (Å²) in [4.78, 5) is 31.9. The molecule has 0 aliphatic carbocycles. The first kappa shape index (κ1) is 25.6. The van der Waals surface area contributed by atoms with Gasteiger partial charge in [-0.2, -0.15) is 0 Å². The molecule has 186 valence electrons. The summed E-state index contributed by atoms with van der Waals surface area (Å²) in [5.74, 6) is -1.01. The highest BCUT2D eigenvalue weighted by molar-refractivity contribution is 8.01. The molecule has 5 nitrogen and oxygen atoms in total. The van der Waals surface area contributed by atoms with E-state index in [9.17, 15) is 14.0 Å². The van der Waals surface area contributed by atoms with Crippen molar-refractivity contribution in [3.63, 3.8) is 0 Å². The Morgan fingerprint density at radius 2 is 2.00 bits per heavy atom. The third-order valence-electron chi connectivity index (χ3n) is 6.62. The number of benzene rings is 2. The molecular weight excluding hydrogens is 483 g/mol. The molecule has 0 saturated carbocycles. The van der Waals surface area contributed by atoms with E-state index < -0.39 is 16.8 Å². The van der Waals surface area contributed by atoms with E-state index in [-0.39, 0.29) is 29.4 Å². The van der Waals surface area contributed by atoms with Crippen molar-refractivity contribution < 1.29 is 18.7 Å². The van der Waals surface area contributed by atoms with Gasteiger partial charge >= 0.3 is 5.97 Å². The van der Waals surface area contributed by atoms with Crippen LogP contribution in [0.3, 0.4) is 0 Å². The number of ether oxygens (including phenoxy) is 1. The first-order chi connectivity index (χ1) is 16.4. The van der Waals surface area contributed by atoms with Gasteiger partial charge in [-0.25, -0.2) is 9.37 Å². The quantitative estimate of drug-likeness (QED) is 0.306. The van der Waals surface area contributed by atoms with Crippen LogP contribution in [0.25, 0.3) is 10.2 Å². The summed E-state index contributed by atoms with van der Waals surface area (Å²) in [7, 11) is 0. The zero-order valence-corrected chi connectivity index (χ0v) is 22.3. The highest BCUT2D eigenvalue weighted by atomic mass is 32.2. The third kappa shape index (κ3) is 5.38. The molecule has 2 heterocycles. The lowest BCUT2D eigenvalue weighted by Gasteiger charge is -2.41. The minimum atomic E-state index is -0.931. The monoisotopic (exact) mass is 514 g/mol. The number of hydrogen-bond acceptors (Lipinski definition) is 7. The van der Waals surface area contributed by atoms with Crippen LogP contribution in [-0.4, -0.2) is 27.6 Å². The second kappa shape index (κ2) is 9.54. The van der Waals surface area contributed by atoms with E-state index >= 15 is 0 Å². The second-order valence-electron chi connectivity index (χ2n) is 10.5. The highest BCUT2D eigenvalue weighted by Crippen LogP contribution is 2.43. The topological polar surface area (TPSA) is 82.3 Å². The molecule has 1 aromatic heterocycles. The summed E-state index contributed by atoms with van der Waals surface area (Å²) in [6.45, 7) is 10.2. The minimum absolute atomic E-state index is 0.0587. The molecule has 2 unspecified atom stereocenters. The lowest BCUT2D eigenvalue weighted by atomic mass is 9.78. The Hall–Kier alpha value is -2.45. The highest BCUT2D eigenvalue weighted by Gasteiger charge is 2.49. The standard InChI is InChI=1S/C27H31FN2O3S2/c1-15(2)27(10-9-16-7-6-8-17(28)11-16)14-20(31)23(24(32)33-27)34-21-13-22-19(30-25(29)35-22)12-18(21)26(3,4)5/h6-8,11-13,15,23H,9-10,14H2,1-5H3,(H2,29,30). The summed E-state index contributed by atoms with van der Waals surface area (Å²) >= 11 is 2.64. The van der Waals surface area contributed by atoms with Crippen molar-refractivity contribution in [1.29, 1.82) is 0 Å². The van der Waals surface area contributed by atoms with Gasteiger partial charge in [0.05, 0.1) is 10.2 Å². The number of halogens is 1. The Morgan fingerprint density at radius 1 is 1.26 bits per heavy atom. The number of fused-ring (bicyclic) bond motifs is 1. The summed E-state index contributed by atoms with van der Waals surface area (Å²) in [5, 5.41) is -0.449. The number of carbonyl (C=O) groups excluding carboxylic acids is 2. The molecule has 0 amide bonds. The van der Waals surface area contributed by atoms with E-state index in [1.165, 1.54) is 35.2 Å². The summed E-state index contributed by atoms with van der Waals surface area (Å²) in [6, 6.07) is 10.4. The van der Waals surface area contributed by atoms with Crippen molar-refractivity contribution in [2.24, 2.45) is 5.92 Å². The molecule has 35 heavy (non-hydrogen) atoms. The number of rotatable bonds is 6. The van der Waals surface area contributed by atoms with Gasteiger partial charge in [-0.15, -0.1) is 11.8 Å². The Labute approximate surface area is 213 Å². The van der Waals surface area contributed by atoms with Crippen LogP contribution in [0.2, 0.25) is 0 Å². The Balaban J connectivity index is 1.59. The van der Waals surface area contributed by atoms with Crippen LogP contribution in [0, 0.1) is 11.7 Å². The largest absolute Gasteiger partial charge is 0.457 e. The van der Waals surface area contributed by atoms with Crippen molar-refractivity contribution >= 4 is 50.2 Å². The van der Waals surface area contributed by atoms with E-state index in [1.54, 1.807) is 6.07 Å². The molecule has 0 radical (unpaired) electrons. The van der Waals surface area contributed by atoms with E-state index in [0.717, 1.165) is 26.2 Å². The Kier molecular flexibility index (Phi) is 6.99. The van der Waals surface area contributed by atoms with Crippen molar-refractivity contribution in [3.05, 3.63) is 53.3 Å². The normalized spacial score (nSPS) is 21.1. The van der Waals surface area contributed by atoms with Gasteiger partial charge in [0.25, 0.3) is 0 Å². The lowest BCUT2D eigenvalue weighted by Crippen LogP contribution is -2.52. The minimum Gasteiger partial charge on any atom is -0.457 e. The average Bonchev–Trinajstić information content (AvgIpc) is 3.12. The predicted octanol–water partition coefficient (Wildman–Crippen LogP) is 6.32. The first-order valence-corrected chi connectivity index (χ1v) is 13.4. The molecule has 2 aromatic carbocycles. The number of nitrogen functional groups attached to an aromatic ring is 1. The molecule has 1 fully saturated rings. The van der Waals surface area contributed by atoms with Gasteiger partial charge in [0, 0.05) is 11.3 Å². The molecular formula is C27H31FN2O3S2. The fraction of sp³-hybridized carbons (Fsp3) is 0.444. The molecule has 1 aliphatic heterocycles. The molecule has 2 atom stereocenters. The number of aromatic nitrogens is 1. The number of esters is 1. The molecule has 2 N–H and O–H groups in total. The van der Waals surface area contributed by atoms with E-state index in [0.29, 0.717) is 18.0 Å². The van der Waals surface area contributed by atoms with Crippen molar-refractivity contribution in [1.82, 2.24) is 4.98 Å². The smallest absolute Gasteiger partial charge is 0.327 e. The van der Waals surface area contributed by atoms with Gasteiger partial charge in [-0.05, 0) is 59.6 Å². The molecule has 1 aliphatic rings. The number of aryl methyl sites for hydroxylation is 1. The fourth-order valence-corrected chi connectivity index (χ4v) is 6.63. The second-order valence-corrected chi connectivity index (χ2v) is 12.7. The number of hydrogen-bond donors (Lipinski definition) is 1. The number of nitrogens with zero attached hydrogens (tertiary/aromatic N) is 1. The number of carbonyl (C=O) groups is 2. The van der Waals surface area contributed by atoms with Crippen molar-refractivity contribution in [2.75, 3.05) is 5.73 Å². The SMILES string of the molecule is CC(C)C1(CCc2cccc(F)c2)CC(=O)C(Sc2cc3sc(N)nc3cc2C(C)(C)C)C(=O)O1. The van der Waals surface area contributed by atoms with Crippen LogP contribution in [0.5, 0.6) is 0 Å². The fourth-order valence-electron chi connectivity index (χ4n) is 4.50. The number of anilines is 1. The maximum absolute atomic E-state index is 13.6. The Bertz CT molecular complexity index is 1260. The maximum Gasteiger partial charge on any atom is 0.327 e. The van der Waals surface area contributed by atoms with Crippen LogP contribution < -0.4 is 5.73 Å². The molecule has 4 rings (SSSR count). The molecule has 1 saturated heterocycles. The number of thioether (sulfide) groups is 1. The number of Topliss-reactive ketones (excluding diaryl/α,β-unsaturated/α-hetero) is 1. The first-order valence-electron chi connectivity index (χ1n) is 11.8. The van der Waals surface area contributed by atoms with E-state index in [2.05, 4.69) is 25.8 Å². The van der Waals surface area contributed by atoms with Crippen LogP contribution in [0.15, 0.2) is 41.3 Å². The average molecular weight is 515 g/mol. The summed E-state index contributed by atoms with van der Waals surface area (Å²) < 4.78 is 20.6. The summed E-state index contributed by atoms with van der Waals surface area (Å²) in [6.07, 6.45) is 1.12. The van der Waals surface area contributed by atoms with Crippen LogP contribution in [0.1, 0.15) is 58.6 Å². The number of thiazole rings is 1. The van der Waals surface area contributed by atoms with Crippen LogP contribution in [-0.2, 0) is 26.2 Å².